The first-order valence-corrected chi connectivity index (χ1v) is 6.79. The van der Waals surface area contributed by atoms with E-state index in [9.17, 15) is 23.3 Å². The third-order valence-electron chi connectivity index (χ3n) is 2.79. The van der Waals surface area contributed by atoms with Crippen molar-refractivity contribution in [1.29, 1.82) is 0 Å². The predicted molar refractivity (Wildman–Crippen MR) is 79.2 cm³/mol. The molecule has 0 aliphatic carbocycles. The first-order valence-electron chi connectivity index (χ1n) is 6.79. The fraction of sp³-hybridized carbons (Fsp3) is 0.286. The molecular formula is C14H13F3N4O3. The van der Waals surface area contributed by atoms with E-state index in [2.05, 4.69) is 15.3 Å². The smallest absolute Gasteiger partial charge is 0.416 e. The quantitative estimate of drug-likeness (QED) is 0.654. The Morgan fingerprint density at radius 1 is 1.21 bits per heavy atom. The van der Waals surface area contributed by atoms with Crippen LogP contribution in [0.3, 0.4) is 0 Å². The highest BCUT2D eigenvalue weighted by Gasteiger charge is 2.30. The molecule has 0 saturated heterocycles. The topological polar surface area (TPSA) is 90.2 Å². The van der Waals surface area contributed by atoms with Crippen LogP contribution >= 0.6 is 0 Å². The van der Waals surface area contributed by atoms with Gasteiger partial charge in [-0.05, 0) is 38.1 Å². The van der Waals surface area contributed by atoms with E-state index in [4.69, 9.17) is 4.74 Å². The van der Waals surface area contributed by atoms with Crippen molar-refractivity contribution in [2.75, 3.05) is 5.32 Å². The van der Waals surface area contributed by atoms with E-state index in [0.29, 0.717) is 0 Å². The van der Waals surface area contributed by atoms with Crippen LogP contribution in [0.5, 0.6) is 5.88 Å². The van der Waals surface area contributed by atoms with Crippen LogP contribution in [0.1, 0.15) is 19.4 Å². The van der Waals surface area contributed by atoms with Crippen LogP contribution in [0.2, 0.25) is 0 Å². The van der Waals surface area contributed by atoms with Gasteiger partial charge in [-0.25, -0.2) is 4.98 Å². The molecule has 0 saturated carbocycles. The number of halogens is 3. The molecule has 0 amide bonds. The summed E-state index contributed by atoms with van der Waals surface area (Å²) in [5.74, 6) is -0.398. The van der Waals surface area contributed by atoms with Gasteiger partial charge in [0.15, 0.2) is 0 Å². The minimum absolute atomic E-state index is 0.176. The average molecular weight is 342 g/mol. The van der Waals surface area contributed by atoms with Crippen molar-refractivity contribution in [2.45, 2.75) is 26.1 Å². The van der Waals surface area contributed by atoms with E-state index in [1.165, 1.54) is 0 Å². The molecule has 0 fully saturated rings. The van der Waals surface area contributed by atoms with Crippen molar-refractivity contribution >= 4 is 17.2 Å². The molecule has 0 radical (unpaired) electrons. The van der Waals surface area contributed by atoms with Crippen molar-refractivity contribution in [3.63, 3.8) is 0 Å². The van der Waals surface area contributed by atoms with E-state index in [1.807, 2.05) is 0 Å². The van der Waals surface area contributed by atoms with Gasteiger partial charge in [0.2, 0.25) is 5.82 Å². The molecular weight excluding hydrogens is 329 g/mol. The van der Waals surface area contributed by atoms with Crippen molar-refractivity contribution in [1.82, 2.24) is 9.97 Å². The fourth-order valence-electron chi connectivity index (χ4n) is 1.81. The summed E-state index contributed by atoms with van der Waals surface area (Å²) in [6.45, 7) is 3.35. The minimum atomic E-state index is -4.46. The monoisotopic (exact) mass is 342 g/mol. The van der Waals surface area contributed by atoms with Crippen molar-refractivity contribution in [2.24, 2.45) is 0 Å². The predicted octanol–water partition coefficient (Wildman–Crippen LogP) is 3.93. The zero-order chi connectivity index (χ0) is 17.9. The third-order valence-corrected chi connectivity index (χ3v) is 2.79. The normalized spacial score (nSPS) is 11.4. The van der Waals surface area contributed by atoms with Gasteiger partial charge in [0.05, 0.1) is 16.6 Å². The number of anilines is 2. The lowest BCUT2D eigenvalue weighted by Gasteiger charge is -2.12. The molecule has 0 bridgehead atoms. The maximum atomic E-state index is 12.5. The molecule has 1 aromatic carbocycles. The van der Waals surface area contributed by atoms with E-state index in [0.717, 1.165) is 30.6 Å². The van der Waals surface area contributed by atoms with Gasteiger partial charge >= 0.3 is 11.9 Å². The maximum Gasteiger partial charge on any atom is 0.416 e. The van der Waals surface area contributed by atoms with E-state index < -0.39 is 22.4 Å². The molecule has 10 heteroatoms. The summed E-state index contributed by atoms with van der Waals surface area (Å²) in [4.78, 5) is 18.0. The van der Waals surface area contributed by atoms with E-state index >= 15 is 0 Å². The second kappa shape index (κ2) is 6.69. The number of rotatable bonds is 5. The van der Waals surface area contributed by atoms with Crippen molar-refractivity contribution in [3.8, 4) is 5.88 Å². The van der Waals surface area contributed by atoms with E-state index in [-0.39, 0.29) is 23.5 Å². The van der Waals surface area contributed by atoms with Gasteiger partial charge in [0.1, 0.15) is 6.33 Å². The molecule has 2 rings (SSSR count). The molecule has 0 unspecified atom stereocenters. The first kappa shape index (κ1) is 17.4. The first-order chi connectivity index (χ1) is 11.2. The SMILES string of the molecule is CC(C)Oc1ncnc(Nc2ccc(C(F)(F)F)cc2)c1[N+](=O)[O-]. The third kappa shape index (κ3) is 4.09. The van der Waals surface area contributed by atoms with Crippen molar-refractivity contribution < 1.29 is 22.8 Å². The molecule has 7 nitrogen and oxygen atoms in total. The van der Waals surface area contributed by atoms with Crippen LogP contribution in [-0.2, 0) is 6.18 Å². The Hall–Kier alpha value is -2.91. The Bertz CT molecular complexity index is 733. The van der Waals surface area contributed by atoms with Crippen LogP contribution < -0.4 is 10.1 Å². The molecule has 128 valence electrons. The summed E-state index contributed by atoms with van der Waals surface area (Å²) in [6, 6.07) is 4.02. The Kier molecular flexibility index (Phi) is 4.86. The lowest BCUT2D eigenvalue weighted by molar-refractivity contribution is -0.385. The van der Waals surface area contributed by atoms with Gasteiger partial charge in [-0.2, -0.15) is 18.2 Å². The number of ether oxygens (including phenoxy) is 1. The van der Waals surface area contributed by atoms with Gasteiger partial charge in [-0.3, -0.25) is 10.1 Å². The standard InChI is InChI=1S/C14H13F3N4O3/c1-8(2)24-13-11(21(22)23)12(18-7-19-13)20-10-5-3-9(4-6-10)14(15,16)17/h3-8H,1-2H3,(H,18,19,20). The molecule has 24 heavy (non-hydrogen) atoms. The summed E-state index contributed by atoms with van der Waals surface area (Å²) < 4.78 is 42.9. The molecule has 1 heterocycles. The second-order valence-corrected chi connectivity index (χ2v) is 5.00. The number of hydrogen-bond acceptors (Lipinski definition) is 6. The lowest BCUT2D eigenvalue weighted by Crippen LogP contribution is -2.11. The second-order valence-electron chi connectivity index (χ2n) is 5.00. The average Bonchev–Trinajstić information content (AvgIpc) is 2.46. The number of nitrogens with one attached hydrogen (secondary N) is 1. The molecule has 1 aromatic heterocycles. The molecule has 0 aliphatic heterocycles. The maximum absolute atomic E-state index is 12.5. The van der Waals surface area contributed by atoms with Crippen LogP contribution in [0.25, 0.3) is 0 Å². The Balaban J connectivity index is 2.34. The zero-order valence-corrected chi connectivity index (χ0v) is 12.7. The molecule has 2 aromatic rings. The van der Waals surface area contributed by atoms with Gasteiger partial charge in [0, 0.05) is 5.69 Å². The Morgan fingerprint density at radius 3 is 2.33 bits per heavy atom. The van der Waals surface area contributed by atoms with Crippen molar-refractivity contribution in [3.05, 3.63) is 46.3 Å². The van der Waals surface area contributed by atoms with Gasteiger partial charge in [-0.15, -0.1) is 0 Å². The summed E-state index contributed by atoms with van der Waals surface area (Å²) in [5.41, 5.74) is -1.11. The summed E-state index contributed by atoms with van der Waals surface area (Å²) >= 11 is 0. The minimum Gasteiger partial charge on any atom is -0.470 e. The zero-order valence-electron chi connectivity index (χ0n) is 12.7. The highest BCUT2D eigenvalue weighted by Crippen LogP contribution is 2.34. The van der Waals surface area contributed by atoms with Crippen LogP contribution in [0.4, 0.5) is 30.4 Å². The van der Waals surface area contributed by atoms with Gasteiger partial charge < -0.3 is 10.1 Å². The highest BCUT2D eigenvalue weighted by molar-refractivity contribution is 5.68. The van der Waals surface area contributed by atoms with Crippen LogP contribution in [0.15, 0.2) is 30.6 Å². The summed E-state index contributed by atoms with van der Waals surface area (Å²) in [6.07, 6.45) is -3.74. The van der Waals surface area contributed by atoms with Gasteiger partial charge in [-0.1, -0.05) is 0 Å². The van der Waals surface area contributed by atoms with E-state index in [1.54, 1.807) is 13.8 Å². The molecule has 0 spiro atoms. The van der Waals surface area contributed by atoms with Gasteiger partial charge in [0.25, 0.3) is 5.88 Å². The summed E-state index contributed by atoms with van der Waals surface area (Å²) in [5, 5.41) is 13.9. The number of nitro groups is 1. The number of alkyl halides is 3. The number of hydrogen-bond donors (Lipinski definition) is 1. The highest BCUT2D eigenvalue weighted by atomic mass is 19.4. The molecule has 0 aliphatic rings. The Labute approximate surface area is 134 Å². The lowest BCUT2D eigenvalue weighted by atomic mass is 10.2. The number of aromatic nitrogens is 2. The Morgan fingerprint density at radius 2 is 1.83 bits per heavy atom. The molecule has 1 N–H and O–H groups in total. The van der Waals surface area contributed by atoms with Crippen LogP contribution in [0, 0.1) is 10.1 Å². The summed E-state index contributed by atoms with van der Waals surface area (Å²) in [7, 11) is 0. The largest absolute Gasteiger partial charge is 0.470 e. The van der Waals surface area contributed by atoms with Crippen LogP contribution in [-0.4, -0.2) is 21.0 Å². The molecule has 0 atom stereocenters. The fourth-order valence-corrected chi connectivity index (χ4v) is 1.81. The number of benzene rings is 1. The number of nitrogens with zero attached hydrogens (tertiary/aromatic N) is 3.